The van der Waals surface area contributed by atoms with Crippen LogP contribution in [0.3, 0.4) is 0 Å². The van der Waals surface area contributed by atoms with E-state index in [0.29, 0.717) is 11.3 Å². The van der Waals surface area contributed by atoms with E-state index in [4.69, 9.17) is 21.7 Å². The molecule has 0 bridgehead atoms. The van der Waals surface area contributed by atoms with E-state index in [0.717, 1.165) is 47.6 Å². The third-order valence-corrected chi connectivity index (χ3v) is 7.76. The lowest BCUT2D eigenvalue weighted by molar-refractivity contribution is 0.102. The molecule has 32 heavy (non-hydrogen) atoms. The largest absolute Gasteiger partial charge is 0.296 e. The topological polar surface area (TPSA) is 34.0 Å². The molecule has 2 aromatic carbocycles. The molecule has 0 N–H and O–H groups in total. The predicted molar refractivity (Wildman–Crippen MR) is 131 cm³/mol. The van der Waals surface area contributed by atoms with Crippen LogP contribution in [0.5, 0.6) is 0 Å². The molecule has 3 aromatic rings. The van der Waals surface area contributed by atoms with Gasteiger partial charge in [0.1, 0.15) is 0 Å². The first-order valence-electron chi connectivity index (χ1n) is 12.1. The Labute approximate surface area is 196 Å². The number of hydrogen-bond acceptors (Lipinski definition) is 3. The summed E-state index contributed by atoms with van der Waals surface area (Å²) >= 11 is 6.14. The summed E-state index contributed by atoms with van der Waals surface area (Å²) in [6.45, 7) is 7.57. The van der Waals surface area contributed by atoms with Gasteiger partial charge in [-0.2, -0.15) is 0 Å². The molecule has 0 radical (unpaired) electrons. The molecule has 1 aliphatic carbocycles. The van der Waals surface area contributed by atoms with Crippen molar-refractivity contribution in [1.29, 1.82) is 0 Å². The van der Waals surface area contributed by atoms with Crippen LogP contribution >= 0.6 is 11.6 Å². The van der Waals surface area contributed by atoms with Crippen LogP contribution in [0.15, 0.2) is 48.5 Å². The molecular formula is C27H33ClN4. The Morgan fingerprint density at radius 1 is 0.906 bits per heavy atom. The standard InChI is InChI=1S/C27H33ClN4/c1-20(2)21-5-7-22(8-6-21)26-29-25(30-32(26)24-11-9-23(28)10-12-24)19-31-17-15-27(16-18-31)13-3-4-14-27/h5-12,20H,3-4,13-19H2,1-2H3. The van der Waals surface area contributed by atoms with Crippen LogP contribution in [-0.4, -0.2) is 32.8 Å². The molecule has 5 rings (SSSR count). The molecular weight excluding hydrogens is 416 g/mol. The summed E-state index contributed by atoms with van der Waals surface area (Å²) in [4.78, 5) is 7.55. The summed E-state index contributed by atoms with van der Waals surface area (Å²) in [6.07, 6.45) is 8.36. The molecule has 2 heterocycles. The van der Waals surface area contributed by atoms with Crippen molar-refractivity contribution in [3.63, 3.8) is 0 Å². The highest BCUT2D eigenvalue weighted by Crippen LogP contribution is 2.46. The maximum Gasteiger partial charge on any atom is 0.165 e. The van der Waals surface area contributed by atoms with Crippen molar-refractivity contribution in [3.8, 4) is 17.1 Å². The summed E-state index contributed by atoms with van der Waals surface area (Å²) < 4.78 is 1.97. The molecule has 0 atom stereocenters. The van der Waals surface area contributed by atoms with Crippen molar-refractivity contribution >= 4 is 11.6 Å². The highest BCUT2D eigenvalue weighted by molar-refractivity contribution is 6.30. The number of piperidine rings is 1. The number of halogens is 1. The van der Waals surface area contributed by atoms with E-state index in [1.54, 1.807) is 0 Å². The van der Waals surface area contributed by atoms with Crippen LogP contribution in [0, 0.1) is 5.41 Å². The maximum atomic E-state index is 6.14. The van der Waals surface area contributed by atoms with Gasteiger partial charge in [0.2, 0.25) is 0 Å². The summed E-state index contributed by atoms with van der Waals surface area (Å²) in [6, 6.07) is 16.6. The normalized spacial score (nSPS) is 18.6. The highest BCUT2D eigenvalue weighted by Gasteiger charge is 2.37. The van der Waals surface area contributed by atoms with Crippen LogP contribution < -0.4 is 0 Å². The van der Waals surface area contributed by atoms with Gasteiger partial charge in [0.25, 0.3) is 0 Å². The molecule has 1 saturated carbocycles. The Morgan fingerprint density at radius 3 is 2.19 bits per heavy atom. The van der Waals surface area contributed by atoms with E-state index in [9.17, 15) is 0 Å². The minimum atomic E-state index is 0.510. The van der Waals surface area contributed by atoms with Crippen LogP contribution in [0.4, 0.5) is 0 Å². The molecule has 2 fully saturated rings. The van der Waals surface area contributed by atoms with Crippen molar-refractivity contribution in [2.24, 2.45) is 5.41 Å². The third-order valence-electron chi connectivity index (χ3n) is 7.50. The fourth-order valence-corrected chi connectivity index (χ4v) is 5.52. The van der Waals surface area contributed by atoms with E-state index in [1.165, 1.54) is 44.1 Å². The molecule has 0 amide bonds. The smallest absolute Gasteiger partial charge is 0.165 e. The quantitative estimate of drug-likeness (QED) is 0.427. The third kappa shape index (κ3) is 4.49. The zero-order chi connectivity index (χ0) is 22.1. The SMILES string of the molecule is CC(C)c1ccc(-c2nc(CN3CCC4(CCCC4)CC3)nn2-c2ccc(Cl)cc2)cc1. The van der Waals surface area contributed by atoms with Gasteiger partial charge in [0.15, 0.2) is 11.6 Å². The van der Waals surface area contributed by atoms with Crippen molar-refractivity contribution in [1.82, 2.24) is 19.7 Å². The second-order valence-electron chi connectivity index (χ2n) is 10.00. The zero-order valence-corrected chi connectivity index (χ0v) is 20.0. The van der Waals surface area contributed by atoms with Crippen LogP contribution in [0.1, 0.15) is 69.7 Å². The van der Waals surface area contributed by atoms with Crippen molar-refractivity contribution in [2.45, 2.75) is 64.8 Å². The Kier molecular flexibility index (Phi) is 6.09. The van der Waals surface area contributed by atoms with E-state index < -0.39 is 0 Å². The first-order chi connectivity index (χ1) is 15.5. The lowest BCUT2D eigenvalue weighted by atomic mass is 9.77. The van der Waals surface area contributed by atoms with Gasteiger partial charge >= 0.3 is 0 Å². The molecule has 1 saturated heterocycles. The van der Waals surface area contributed by atoms with Gasteiger partial charge in [0, 0.05) is 10.6 Å². The first-order valence-corrected chi connectivity index (χ1v) is 12.4. The number of benzene rings is 2. The molecule has 168 valence electrons. The van der Waals surface area contributed by atoms with Gasteiger partial charge in [-0.3, -0.25) is 4.90 Å². The van der Waals surface area contributed by atoms with Crippen molar-refractivity contribution in [2.75, 3.05) is 13.1 Å². The number of hydrogen-bond donors (Lipinski definition) is 0. The lowest BCUT2D eigenvalue weighted by Gasteiger charge is -2.39. The fraction of sp³-hybridized carbons (Fsp3) is 0.481. The van der Waals surface area contributed by atoms with Gasteiger partial charge in [-0.05, 0) is 79.9 Å². The number of rotatable bonds is 5. The Bertz CT molecular complexity index is 1040. The van der Waals surface area contributed by atoms with Gasteiger partial charge in [-0.25, -0.2) is 9.67 Å². The molecule has 1 spiro atoms. The molecule has 1 aliphatic heterocycles. The number of nitrogens with zero attached hydrogens (tertiary/aromatic N) is 4. The molecule has 2 aliphatic rings. The van der Waals surface area contributed by atoms with E-state index >= 15 is 0 Å². The molecule has 5 heteroatoms. The van der Waals surface area contributed by atoms with E-state index in [2.05, 4.69) is 43.0 Å². The van der Waals surface area contributed by atoms with Crippen LogP contribution in [-0.2, 0) is 6.54 Å². The van der Waals surface area contributed by atoms with Crippen LogP contribution in [0.25, 0.3) is 17.1 Å². The minimum absolute atomic E-state index is 0.510. The predicted octanol–water partition coefficient (Wildman–Crippen LogP) is 6.87. The number of aromatic nitrogens is 3. The summed E-state index contributed by atoms with van der Waals surface area (Å²) in [7, 11) is 0. The summed E-state index contributed by atoms with van der Waals surface area (Å²) in [5, 5.41) is 5.68. The Balaban J connectivity index is 1.41. The fourth-order valence-electron chi connectivity index (χ4n) is 5.40. The molecule has 1 aromatic heterocycles. The number of likely N-dealkylation sites (tertiary alicyclic amines) is 1. The zero-order valence-electron chi connectivity index (χ0n) is 19.2. The van der Waals surface area contributed by atoms with Crippen LogP contribution in [0.2, 0.25) is 5.02 Å². The summed E-state index contributed by atoms with van der Waals surface area (Å²) in [5.41, 5.74) is 4.04. The summed E-state index contributed by atoms with van der Waals surface area (Å²) in [5.74, 6) is 2.29. The van der Waals surface area contributed by atoms with Gasteiger partial charge < -0.3 is 0 Å². The molecule has 0 unspecified atom stereocenters. The Morgan fingerprint density at radius 2 is 1.56 bits per heavy atom. The lowest BCUT2D eigenvalue weighted by Crippen LogP contribution is -2.38. The van der Waals surface area contributed by atoms with Gasteiger partial charge in [-0.1, -0.05) is 62.6 Å². The average molecular weight is 449 g/mol. The Hall–Kier alpha value is -2.17. The molecule has 4 nitrogen and oxygen atoms in total. The van der Waals surface area contributed by atoms with Crippen molar-refractivity contribution < 1.29 is 0 Å². The van der Waals surface area contributed by atoms with Gasteiger partial charge in [0.05, 0.1) is 12.2 Å². The average Bonchev–Trinajstić information content (AvgIpc) is 3.44. The monoisotopic (exact) mass is 448 g/mol. The first kappa shape index (κ1) is 21.7. The van der Waals surface area contributed by atoms with E-state index in [1.807, 2.05) is 28.9 Å². The maximum absolute atomic E-state index is 6.14. The van der Waals surface area contributed by atoms with Crippen molar-refractivity contribution in [3.05, 3.63) is 64.9 Å². The second-order valence-corrected chi connectivity index (χ2v) is 10.4. The minimum Gasteiger partial charge on any atom is -0.296 e. The van der Waals surface area contributed by atoms with Gasteiger partial charge in [-0.15, -0.1) is 5.10 Å². The highest BCUT2D eigenvalue weighted by atomic mass is 35.5. The second kappa shape index (κ2) is 8.99. The van der Waals surface area contributed by atoms with E-state index in [-0.39, 0.29) is 0 Å².